The first-order valence-electron chi connectivity index (χ1n) is 19.0. The van der Waals surface area contributed by atoms with Crippen LogP contribution in [-0.4, -0.2) is 76.3 Å². The Hall–Kier alpha value is -1.74. The van der Waals surface area contributed by atoms with Crippen molar-refractivity contribution in [3.8, 4) is 0 Å². The van der Waals surface area contributed by atoms with E-state index in [1.807, 2.05) is 0 Å². The summed E-state index contributed by atoms with van der Waals surface area (Å²) < 4.78 is 0. The van der Waals surface area contributed by atoms with Crippen molar-refractivity contribution in [1.29, 1.82) is 0 Å². The summed E-state index contributed by atoms with van der Waals surface area (Å²) >= 11 is 6.56. The van der Waals surface area contributed by atoms with Crippen LogP contribution in [-0.2, 0) is 20.4 Å². The van der Waals surface area contributed by atoms with E-state index >= 15 is 0 Å². The van der Waals surface area contributed by atoms with Gasteiger partial charge in [-0.15, -0.1) is 0 Å². The highest BCUT2D eigenvalue weighted by atomic mass is 79.9. The van der Waals surface area contributed by atoms with Gasteiger partial charge in [-0.3, -0.25) is 19.4 Å². The lowest BCUT2D eigenvalue weighted by atomic mass is 9.83. The maximum Gasteiger partial charge on any atom is 0.303 e. The first-order valence-corrected chi connectivity index (χ1v) is 21.3. The van der Waals surface area contributed by atoms with Crippen molar-refractivity contribution in [2.45, 2.75) is 135 Å². The Balaban J connectivity index is 0.00000126. The number of likely N-dealkylation sites (tertiary alicyclic amines) is 2. The van der Waals surface area contributed by atoms with Crippen LogP contribution in [0.15, 0.2) is 48.5 Å². The molecule has 0 spiro atoms. The number of hydrogen-bond donors (Lipinski definition) is 2. The number of rotatable bonds is 14. The van der Waals surface area contributed by atoms with Gasteiger partial charge in [-0.2, -0.15) is 0 Å². The summed E-state index contributed by atoms with van der Waals surface area (Å²) in [7, 11) is 0. The fourth-order valence-electron chi connectivity index (χ4n) is 7.23. The van der Waals surface area contributed by atoms with Crippen molar-refractivity contribution < 1.29 is 14.7 Å². The number of carboxylic acids is 1. The molecule has 2 aromatic carbocycles. The van der Waals surface area contributed by atoms with Gasteiger partial charge in [-0.25, -0.2) is 0 Å². The van der Waals surface area contributed by atoms with Crippen LogP contribution in [0.25, 0.3) is 0 Å². The number of carbonyl (C=O) groups is 2. The molecule has 0 saturated carbocycles. The molecule has 0 bridgehead atoms. The van der Waals surface area contributed by atoms with Crippen LogP contribution < -0.4 is 5.32 Å². The van der Waals surface area contributed by atoms with E-state index in [9.17, 15) is 14.7 Å². The zero-order valence-electron chi connectivity index (χ0n) is 31.8. The SMILES string of the molecule is BrCCCBr.CC(C)(C)c1ccc(C2CCN(C3CCCCN3CCCNC(=O)CC(CCC(=O)O)c3ccc(C(C)(C)C)cc3)CC2)cc1. The largest absolute Gasteiger partial charge is 0.481 e. The van der Waals surface area contributed by atoms with Gasteiger partial charge in [0.25, 0.3) is 0 Å². The topological polar surface area (TPSA) is 72.9 Å². The fraction of sp³-hybridized carbons (Fsp3) is 0.667. The Labute approximate surface area is 320 Å². The number of hydrogen-bond acceptors (Lipinski definition) is 4. The summed E-state index contributed by atoms with van der Waals surface area (Å²) in [6, 6.07) is 17.7. The van der Waals surface area contributed by atoms with Crippen LogP contribution in [0.5, 0.6) is 0 Å². The molecule has 0 aromatic heterocycles. The van der Waals surface area contributed by atoms with E-state index in [1.165, 1.54) is 55.2 Å². The van der Waals surface area contributed by atoms with Crippen LogP contribution in [0, 0.1) is 0 Å². The zero-order chi connectivity index (χ0) is 36.7. The maximum absolute atomic E-state index is 13.0. The number of aliphatic carboxylic acids is 1. The van der Waals surface area contributed by atoms with Crippen LogP contribution in [0.1, 0.15) is 140 Å². The van der Waals surface area contributed by atoms with Crippen molar-refractivity contribution in [2.75, 3.05) is 43.4 Å². The molecular formula is C42H65Br2N3O3. The quantitative estimate of drug-likeness (QED) is 0.147. The van der Waals surface area contributed by atoms with Crippen molar-refractivity contribution in [1.82, 2.24) is 15.1 Å². The lowest BCUT2D eigenvalue weighted by molar-refractivity contribution is -0.137. The van der Waals surface area contributed by atoms with E-state index in [2.05, 4.69) is 137 Å². The van der Waals surface area contributed by atoms with Crippen LogP contribution in [0.2, 0.25) is 0 Å². The van der Waals surface area contributed by atoms with Gasteiger partial charge in [0.05, 0.1) is 6.17 Å². The Morgan fingerprint density at radius 3 is 1.92 bits per heavy atom. The summed E-state index contributed by atoms with van der Waals surface area (Å²) in [5.41, 5.74) is 5.42. The van der Waals surface area contributed by atoms with Crippen LogP contribution >= 0.6 is 31.9 Å². The molecule has 4 rings (SSSR count). The molecule has 8 heteroatoms. The highest BCUT2D eigenvalue weighted by Gasteiger charge is 2.31. The molecule has 2 aliphatic heterocycles. The van der Waals surface area contributed by atoms with E-state index < -0.39 is 5.97 Å². The van der Waals surface area contributed by atoms with Crippen LogP contribution in [0.4, 0.5) is 0 Å². The third-order valence-corrected chi connectivity index (χ3v) is 11.5. The molecule has 0 aliphatic carbocycles. The third-order valence-electron chi connectivity index (χ3n) is 10.4. The molecule has 0 radical (unpaired) electrons. The second kappa shape index (κ2) is 21.1. The number of amides is 1. The third kappa shape index (κ3) is 14.4. The van der Waals surface area contributed by atoms with Crippen molar-refractivity contribution in [2.24, 2.45) is 0 Å². The molecule has 1 amide bonds. The number of piperidine rings is 2. The maximum atomic E-state index is 13.0. The highest BCUT2D eigenvalue weighted by Crippen LogP contribution is 2.33. The molecule has 280 valence electrons. The van der Waals surface area contributed by atoms with Crippen molar-refractivity contribution in [3.05, 3.63) is 70.8 Å². The van der Waals surface area contributed by atoms with Crippen LogP contribution in [0.3, 0.4) is 0 Å². The lowest BCUT2D eigenvalue weighted by Gasteiger charge is -2.45. The minimum atomic E-state index is -0.818. The summed E-state index contributed by atoms with van der Waals surface area (Å²) in [5.74, 6) is -0.251. The standard InChI is InChI=1S/C39H59N3O3.C3H6Br2/c1-38(2,3)33-16-11-29(12-17-33)31-21-26-42(27-22-31)36-10-7-8-24-41(36)25-9-23-40-35(43)28-32(15-20-37(44)45)30-13-18-34(19-14-30)39(4,5)6;4-2-1-3-5/h11-14,16-19,31-32,36H,7-10,15,20-28H2,1-6H3,(H,40,43)(H,44,45);1-3H2. The van der Waals surface area contributed by atoms with Gasteiger partial charge in [0.1, 0.15) is 0 Å². The normalized spacial score (nSPS) is 18.6. The minimum absolute atomic E-state index is 0.0121. The average Bonchev–Trinajstić information content (AvgIpc) is 3.09. The fourth-order valence-corrected chi connectivity index (χ4v) is 8.54. The molecular weight excluding hydrogens is 754 g/mol. The van der Waals surface area contributed by atoms with Gasteiger partial charge >= 0.3 is 5.97 Å². The van der Waals surface area contributed by atoms with Gasteiger partial charge in [-0.05, 0) is 103 Å². The second-order valence-corrected chi connectivity index (χ2v) is 17.9. The van der Waals surface area contributed by atoms with Gasteiger partial charge in [-0.1, -0.05) is 122 Å². The number of carbonyl (C=O) groups excluding carboxylic acids is 1. The summed E-state index contributed by atoms with van der Waals surface area (Å²) in [6.45, 7) is 18.5. The molecule has 2 heterocycles. The highest BCUT2D eigenvalue weighted by molar-refractivity contribution is 9.09. The Bertz CT molecular complexity index is 1280. The number of nitrogens with one attached hydrogen (secondary N) is 1. The second-order valence-electron chi connectivity index (χ2n) is 16.3. The first kappa shape index (κ1) is 42.7. The minimum Gasteiger partial charge on any atom is -0.481 e. The zero-order valence-corrected chi connectivity index (χ0v) is 35.0. The predicted octanol–water partition coefficient (Wildman–Crippen LogP) is 9.98. The van der Waals surface area contributed by atoms with Gasteiger partial charge < -0.3 is 10.4 Å². The van der Waals surface area contributed by atoms with Gasteiger partial charge in [0, 0.05) is 49.7 Å². The lowest BCUT2D eigenvalue weighted by Crippen LogP contribution is -2.53. The molecule has 2 unspecified atom stereocenters. The van der Waals surface area contributed by atoms with Crippen molar-refractivity contribution in [3.63, 3.8) is 0 Å². The van der Waals surface area contributed by atoms with E-state index in [0.717, 1.165) is 48.8 Å². The molecule has 2 atom stereocenters. The molecule has 2 fully saturated rings. The molecule has 2 N–H and O–H groups in total. The van der Waals surface area contributed by atoms with E-state index in [-0.39, 0.29) is 29.1 Å². The Morgan fingerprint density at radius 2 is 1.40 bits per heavy atom. The number of benzene rings is 2. The molecule has 6 nitrogen and oxygen atoms in total. The summed E-state index contributed by atoms with van der Waals surface area (Å²) in [5, 5.41) is 14.7. The van der Waals surface area contributed by atoms with Crippen molar-refractivity contribution >= 4 is 43.7 Å². The monoisotopic (exact) mass is 817 g/mol. The number of alkyl halides is 2. The first-order chi connectivity index (χ1) is 23.7. The number of halogens is 2. The van der Waals surface area contributed by atoms with E-state index in [0.29, 0.717) is 31.5 Å². The predicted molar refractivity (Wildman–Crippen MR) is 217 cm³/mol. The molecule has 50 heavy (non-hydrogen) atoms. The molecule has 2 saturated heterocycles. The summed E-state index contributed by atoms with van der Waals surface area (Å²) in [6.07, 6.45) is 9.73. The molecule has 2 aliphatic rings. The van der Waals surface area contributed by atoms with E-state index in [4.69, 9.17) is 0 Å². The Morgan fingerprint density at radius 1 is 0.820 bits per heavy atom. The van der Waals surface area contributed by atoms with Gasteiger partial charge in [0.15, 0.2) is 0 Å². The van der Waals surface area contributed by atoms with Gasteiger partial charge in [0.2, 0.25) is 5.91 Å². The molecule has 2 aromatic rings. The number of carboxylic acid groups (broad SMARTS) is 1. The van der Waals surface area contributed by atoms with E-state index in [1.54, 1.807) is 0 Å². The average molecular weight is 820 g/mol. The number of nitrogens with zero attached hydrogens (tertiary/aromatic N) is 2. The smallest absolute Gasteiger partial charge is 0.303 e. The Kier molecular flexibility index (Phi) is 18.0. The summed E-state index contributed by atoms with van der Waals surface area (Å²) in [4.78, 5) is 29.7.